The molecule has 6 heteroatoms. The highest BCUT2D eigenvalue weighted by molar-refractivity contribution is 6.25. The molecule has 0 bridgehead atoms. The van der Waals surface area contributed by atoms with Gasteiger partial charge in [0.15, 0.2) is 0 Å². The Kier molecular flexibility index (Phi) is 3.61. The predicted molar refractivity (Wildman–Crippen MR) is 92.8 cm³/mol. The summed E-state index contributed by atoms with van der Waals surface area (Å²) in [5.74, 6) is -0.141. The van der Waals surface area contributed by atoms with Crippen molar-refractivity contribution in [2.75, 3.05) is 18.0 Å². The Hall–Kier alpha value is -2.60. The van der Waals surface area contributed by atoms with Crippen LogP contribution in [0.2, 0.25) is 0 Å². The lowest BCUT2D eigenvalue weighted by atomic mass is 9.85. The predicted octanol–water partition coefficient (Wildman–Crippen LogP) is 1.95. The molecule has 0 saturated heterocycles. The number of hydrogen-bond acceptors (Lipinski definition) is 5. The Morgan fingerprint density at radius 2 is 2.21 bits per heavy atom. The zero-order valence-corrected chi connectivity index (χ0v) is 13.5. The highest BCUT2D eigenvalue weighted by atomic mass is 16.3. The van der Waals surface area contributed by atoms with Crippen molar-refractivity contribution in [3.63, 3.8) is 0 Å². The van der Waals surface area contributed by atoms with Crippen LogP contribution < -0.4 is 16.1 Å². The molecule has 2 aliphatic rings. The van der Waals surface area contributed by atoms with Crippen LogP contribution in [-0.2, 0) is 4.79 Å². The fourth-order valence-electron chi connectivity index (χ4n) is 3.46. The average Bonchev–Trinajstić information content (AvgIpc) is 3.24. The van der Waals surface area contributed by atoms with E-state index < -0.39 is 0 Å². The molecule has 124 valence electrons. The molecule has 2 atom stereocenters. The van der Waals surface area contributed by atoms with E-state index >= 15 is 0 Å². The standard InChI is InChI=1S/C18H20N4O2/c1-11-16-17(21-20-11)14-9-12(13-5-8-24-10-13)3-4-15(14)22(18(16)23)7-2-6-19/h3-5,8-11,16,20H,2,6-7,19H2,1H3. The normalized spacial score (nSPS) is 22.0. The highest BCUT2D eigenvalue weighted by Crippen LogP contribution is 2.37. The van der Waals surface area contributed by atoms with Crippen molar-refractivity contribution in [3.8, 4) is 11.1 Å². The van der Waals surface area contributed by atoms with Crippen LogP contribution in [0.5, 0.6) is 0 Å². The average molecular weight is 324 g/mol. The van der Waals surface area contributed by atoms with Gasteiger partial charge in [0.25, 0.3) is 0 Å². The summed E-state index contributed by atoms with van der Waals surface area (Å²) in [5.41, 5.74) is 13.5. The van der Waals surface area contributed by atoms with Gasteiger partial charge in [-0.25, -0.2) is 0 Å². The van der Waals surface area contributed by atoms with Crippen LogP contribution in [-0.4, -0.2) is 30.8 Å². The van der Waals surface area contributed by atoms with Gasteiger partial charge in [0.05, 0.1) is 30.0 Å². The molecule has 3 N–H and O–H groups in total. The number of hydrazone groups is 1. The topological polar surface area (TPSA) is 83.9 Å². The third-order valence-corrected chi connectivity index (χ3v) is 4.72. The van der Waals surface area contributed by atoms with Crippen molar-refractivity contribution in [2.24, 2.45) is 16.8 Å². The molecule has 1 amide bonds. The summed E-state index contributed by atoms with van der Waals surface area (Å²) in [7, 11) is 0. The second-order valence-corrected chi connectivity index (χ2v) is 6.27. The van der Waals surface area contributed by atoms with Crippen LogP contribution in [0.3, 0.4) is 0 Å². The number of nitrogens with one attached hydrogen (secondary N) is 1. The first kappa shape index (κ1) is 15.0. The lowest BCUT2D eigenvalue weighted by molar-refractivity contribution is -0.121. The molecule has 0 saturated carbocycles. The van der Waals surface area contributed by atoms with Crippen LogP contribution in [0.4, 0.5) is 5.69 Å². The van der Waals surface area contributed by atoms with Crippen molar-refractivity contribution in [2.45, 2.75) is 19.4 Å². The molecule has 2 aliphatic heterocycles. The Morgan fingerprint density at radius 1 is 1.33 bits per heavy atom. The molecule has 0 spiro atoms. The van der Waals surface area contributed by atoms with Gasteiger partial charge in [-0.3, -0.25) is 4.79 Å². The summed E-state index contributed by atoms with van der Waals surface area (Å²) < 4.78 is 5.19. The van der Waals surface area contributed by atoms with E-state index in [1.165, 1.54) is 0 Å². The molecule has 0 fully saturated rings. The molecule has 1 aromatic carbocycles. The number of amides is 1. The third kappa shape index (κ3) is 2.22. The molecule has 2 aromatic rings. The minimum absolute atomic E-state index is 0.00129. The van der Waals surface area contributed by atoms with Gasteiger partial charge in [0.1, 0.15) is 5.92 Å². The Labute approximate surface area is 140 Å². The van der Waals surface area contributed by atoms with E-state index in [1.807, 2.05) is 30.0 Å². The van der Waals surface area contributed by atoms with Crippen molar-refractivity contribution >= 4 is 17.3 Å². The third-order valence-electron chi connectivity index (χ3n) is 4.72. The summed E-state index contributed by atoms with van der Waals surface area (Å²) in [6.45, 7) is 3.18. The first-order valence-electron chi connectivity index (χ1n) is 8.22. The fraction of sp³-hybridized carbons (Fsp3) is 0.333. The van der Waals surface area contributed by atoms with Gasteiger partial charge in [0.2, 0.25) is 5.91 Å². The summed E-state index contributed by atoms with van der Waals surface area (Å²) in [6, 6.07) is 8.02. The lowest BCUT2D eigenvalue weighted by Crippen LogP contribution is -2.48. The van der Waals surface area contributed by atoms with E-state index in [9.17, 15) is 4.79 Å². The monoisotopic (exact) mass is 324 g/mol. The van der Waals surface area contributed by atoms with E-state index in [0.29, 0.717) is 13.1 Å². The SMILES string of the molecule is CC1NN=C2c3cc(-c4ccoc4)ccc3N(CCCN)C(=O)C21. The minimum Gasteiger partial charge on any atom is -0.472 e. The van der Waals surface area contributed by atoms with E-state index in [2.05, 4.69) is 16.6 Å². The number of benzene rings is 1. The Bertz CT molecular complexity index is 797. The molecule has 0 radical (unpaired) electrons. The van der Waals surface area contributed by atoms with Crippen molar-refractivity contribution < 1.29 is 9.21 Å². The molecule has 24 heavy (non-hydrogen) atoms. The second-order valence-electron chi connectivity index (χ2n) is 6.27. The van der Waals surface area contributed by atoms with Gasteiger partial charge in [0, 0.05) is 17.7 Å². The first-order chi connectivity index (χ1) is 11.7. The second kappa shape index (κ2) is 5.79. The van der Waals surface area contributed by atoms with E-state index in [4.69, 9.17) is 10.2 Å². The lowest BCUT2D eigenvalue weighted by Gasteiger charge is -2.34. The maximum atomic E-state index is 12.9. The van der Waals surface area contributed by atoms with Crippen molar-refractivity contribution in [1.29, 1.82) is 0 Å². The summed E-state index contributed by atoms with van der Waals surface area (Å²) in [5, 5.41) is 4.44. The molecule has 6 nitrogen and oxygen atoms in total. The fourth-order valence-corrected chi connectivity index (χ4v) is 3.46. The maximum Gasteiger partial charge on any atom is 0.238 e. The number of hydrogen-bond donors (Lipinski definition) is 2. The van der Waals surface area contributed by atoms with Crippen LogP contribution >= 0.6 is 0 Å². The van der Waals surface area contributed by atoms with E-state index in [0.717, 1.165) is 34.5 Å². The molecule has 4 rings (SSSR count). The number of rotatable bonds is 4. The van der Waals surface area contributed by atoms with Gasteiger partial charge in [-0.1, -0.05) is 6.07 Å². The smallest absolute Gasteiger partial charge is 0.238 e. The van der Waals surface area contributed by atoms with E-state index in [-0.39, 0.29) is 17.9 Å². The minimum atomic E-state index is -0.241. The van der Waals surface area contributed by atoms with Crippen molar-refractivity contribution in [1.82, 2.24) is 5.43 Å². The summed E-state index contributed by atoms with van der Waals surface area (Å²) in [6.07, 6.45) is 4.15. The van der Waals surface area contributed by atoms with Gasteiger partial charge >= 0.3 is 0 Å². The van der Waals surface area contributed by atoms with Crippen LogP contribution in [0.25, 0.3) is 11.1 Å². The number of carbonyl (C=O) groups excluding carboxylic acids is 1. The van der Waals surface area contributed by atoms with Crippen LogP contribution in [0.15, 0.2) is 46.3 Å². The van der Waals surface area contributed by atoms with Gasteiger partial charge < -0.3 is 20.5 Å². The van der Waals surface area contributed by atoms with Gasteiger partial charge in [-0.15, -0.1) is 0 Å². The van der Waals surface area contributed by atoms with Crippen LogP contribution in [0.1, 0.15) is 18.9 Å². The molecule has 0 aliphatic carbocycles. The number of nitrogens with zero attached hydrogens (tertiary/aromatic N) is 2. The van der Waals surface area contributed by atoms with Gasteiger partial charge in [-0.05, 0) is 43.7 Å². The summed E-state index contributed by atoms with van der Waals surface area (Å²) >= 11 is 0. The van der Waals surface area contributed by atoms with Gasteiger partial charge in [-0.2, -0.15) is 5.10 Å². The zero-order chi connectivity index (χ0) is 16.7. The Morgan fingerprint density at radius 3 is 2.96 bits per heavy atom. The largest absolute Gasteiger partial charge is 0.472 e. The number of carbonyl (C=O) groups is 1. The number of anilines is 1. The number of nitrogens with two attached hydrogens (primary N) is 1. The molecule has 3 heterocycles. The number of fused-ring (bicyclic) bond motifs is 3. The Balaban J connectivity index is 1.83. The highest BCUT2D eigenvalue weighted by Gasteiger charge is 2.43. The molecule has 1 aromatic heterocycles. The molecule has 2 unspecified atom stereocenters. The zero-order valence-electron chi connectivity index (χ0n) is 13.5. The van der Waals surface area contributed by atoms with Crippen molar-refractivity contribution in [3.05, 3.63) is 42.4 Å². The van der Waals surface area contributed by atoms with Crippen LogP contribution in [0, 0.1) is 5.92 Å². The first-order valence-corrected chi connectivity index (χ1v) is 8.22. The number of furan rings is 1. The maximum absolute atomic E-state index is 12.9. The van der Waals surface area contributed by atoms with E-state index in [1.54, 1.807) is 12.5 Å². The quantitative estimate of drug-likeness (QED) is 0.900. The molecular weight excluding hydrogens is 304 g/mol. The molecular formula is C18H20N4O2. The summed E-state index contributed by atoms with van der Waals surface area (Å²) in [4.78, 5) is 14.8.